The van der Waals surface area contributed by atoms with Gasteiger partial charge in [-0.1, -0.05) is 22.9 Å². The van der Waals surface area contributed by atoms with Crippen LogP contribution in [0.3, 0.4) is 0 Å². The van der Waals surface area contributed by atoms with E-state index in [9.17, 15) is 4.79 Å². The molecular formula is C19H16BrClN4O2S. The number of aromatic nitrogens is 3. The summed E-state index contributed by atoms with van der Waals surface area (Å²) in [5.74, 6) is 0.0441. The van der Waals surface area contributed by atoms with Crippen molar-refractivity contribution in [3.8, 4) is 0 Å². The van der Waals surface area contributed by atoms with Crippen molar-refractivity contribution in [1.82, 2.24) is 14.5 Å². The maximum absolute atomic E-state index is 13.1. The molecule has 0 bridgehead atoms. The first-order valence-corrected chi connectivity index (χ1v) is 10.6. The minimum atomic E-state index is -0.223. The molecule has 1 amide bonds. The molecule has 6 nitrogen and oxygen atoms in total. The lowest BCUT2D eigenvalue weighted by molar-refractivity contribution is 0.0958. The first-order chi connectivity index (χ1) is 13.5. The van der Waals surface area contributed by atoms with Crippen molar-refractivity contribution >= 4 is 60.1 Å². The zero-order chi connectivity index (χ0) is 19.7. The molecule has 1 aromatic carbocycles. The topological polar surface area (TPSA) is 64.2 Å². The Labute approximate surface area is 178 Å². The third kappa shape index (κ3) is 3.85. The van der Waals surface area contributed by atoms with Crippen molar-refractivity contribution in [1.29, 1.82) is 0 Å². The van der Waals surface area contributed by atoms with E-state index in [1.54, 1.807) is 29.6 Å². The van der Waals surface area contributed by atoms with Gasteiger partial charge in [-0.2, -0.15) is 0 Å². The summed E-state index contributed by atoms with van der Waals surface area (Å²) in [6.07, 6.45) is 6.15. The molecule has 4 aromatic rings. The predicted molar refractivity (Wildman–Crippen MR) is 114 cm³/mol. The number of rotatable bonds is 6. The van der Waals surface area contributed by atoms with Gasteiger partial charge >= 0.3 is 0 Å². The zero-order valence-corrected chi connectivity index (χ0v) is 18.1. The molecule has 28 heavy (non-hydrogen) atoms. The van der Waals surface area contributed by atoms with Crippen molar-refractivity contribution in [3.63, 3.8) is 0 Å². The molecular weight excluding hydrogens is 464 g/mol. The number of furan rings is 1. The second-order valence-electron chi connectivity index (χ2n) is 6.23. The fraction of sp³-hybridized carbons (Fsp3) is 0.211. The molecule has 0 N–H and O–H groups in total. The van der Waals surface area contributed by atoms with Crippen LogP contribution in [0.15, 0.2) is 52.1 Å². The van der Waals surface area contributed by atoms with E-state index in [4.69, 9.17) is 21.0 Å². The number of aryl methyl sites for hydroxylation is 2. The molecule has 0 fully saturated rings. The average Bonchev–Trinajstić information content (AvgIpc) is 3.42. The molecule has 0 saturated heterocycles. The normalized spacial score (nSPS) is 11.2. The largest absolute Gasteiger partial charge is 0.444 e. The van der Waals surface area contributed by atoms with Gasteiger partial charge in [-0.05, 0) is 59.1 Å². The lowest BCUT2D eigenvalue weighted by Crippen LogP contribution is -2.32. The predicted octanol–water partition coefficient (Wildman–Crippen LogP) is 5.55. The number of imidazole rings is 1. The molecule has 144 valence electrons. The fourth-order valence-electron chi connectivity index (χ4n) is 2.88. The summed E-state index contributed by atoms with van der Waals surface area (Å²) < 4.78 is 8.97. The van der Waals surface area contributed by atoms with Gasteiger partial charge in [-0.25, -0.2) is 9.97 Å². The molecule has 0 aliphatic rings. The summed E-state index contributed by atoms with van der Waals surface area (Å²) >= 11 is 11.0. The Balaban J connectivity index is 1.65. The molecule has 0 aliphatic heterocycles. The standard InChI is InChI=1S/C19H16BrClN4O2S/c1-12-13(21)3-5-15-17(12)23-19(28-15)25(9-2-8-24-10-7-22-11-24)18(26)14-4-6-16(20)27-14/h3-7,10-11H,2,8-9H2,1H3. The maximum Gasteiger partial charge on any atom is 0.295 e. The number of thiazole rings is 1. The lowest BCUT2D eigenvalue weighted by Gasteiger charge is -2.18. The van der Waals surface area contributed by atoms with Gasteiger partial charge in [0.25, 0.3) is 5.91 Å². The number of carbonyl (C=O) groups is 1. The second-order valence-corrected chi connectivity index (χ2v) is 8.43. The monoisotopic (exact) mass is 478 g/mol. The van der Waals surface area contributed by atoms with Crippen molar-refractivity contribution < 1.29 is 9.21 Å². The Bertz CT molecular complexity index is 1120. The zero-order valence-electron chi connectivity index (χ0n) is 14.9. The van der Waals surface area contributed by atoms with Gasteiger partial charge < -0.3 is 8.98 Å². The molecule has 3 aromatic heterocycles. The summed E-state index contributed by atoms with van der Waals surface area (Å²) in [4.78, 5) is 23.5. The molecule has 9 heteroatoms. The Kier molecular flexibility index (Phi) is 5.52. The van der Waals surface area contributed by atoms with E-state index in [0.29, 0.717) is 21.4 Å². The minimum absolute atomic E-state index is 0.223. The molecule has 0 spiro atoms. The van der Waals surface area contributed by atoms with Gasteiger partial charge in [0.2, 0.25) is 0 Å². The summed E-state index contributed by atoms with van der Waals surface area (Å²) in [6.45, 7) is 3.19. The number of benzene rings is 1. The van der Waals surface area contributed by atoms with E-state index in [1.165, 1.54) is 11.3 Å². The van der Waals surface area contributed by atoms with E-state index in [1.807, 2.05) is 29.8 Å². The van der Waals surface area contributed by atoms with Crippen LogP contribution < -0.4 is 4.90 Å². The highest BCUT2D eigenvalue weighted by Crippen LogP contribution is 2.34. The Morgan fingerprint density at radius 3 is 2.93 bits per heavy atom. The van der Waals surface area contributed by atoms with E-state index >= 15 is 0 Å². The Morgan fingerprint density at radius 2 is 2.21 bits per heavy atom. The number of anilines is 1. The van der Waals surface area contributed by atoms with Gasteiger partial charge in [-0.3, -0.25) is 9.69 Å². The van der Waals surface area contributed by atoms with Crippen molar-refractivity contribution in [2.45, 2.75) is 19.9 Å². The van der Waals surface area contributed by atoms with Crippen LogP contribution in [0.5, 0.6) is 0 Å². The van der Waals surface area contributed by atoms with Crippen LogP contribution in [-0.2, 0) is 6.54 Å². The van der Waals surface area contributed by atoms with Crippen molar-refractivity contribution in [2.24, 2.45) is 0 Å². The molecule has 0 saturated carbocycles. The first kappa shape index (κ1) is 19.2. The molecule has 0 radical (unpaired) electrons. The summed E-state index contributed by atoms with van der Waals surface area (Å²) in [7, 11) is 0. The van der Waals surface area contributed by atoms with Gasteiger partial charge in [0.1, 0.15) is 0 Å². The van der Waals surface area contributed by atoms with Gasteiger partial charge in [-0.15, -0.1) is 0 Å². The van der Waals surface area contributed by atoms with Crippen LogP contribution >= 0.6 is 38.9 Å². The number of hydrogen-bond donors (Lipinski definition) is 0. The SMILES string of the molecule is Cc1c(Cl)ccc2sc(N(CCCn3ccnc3)C(=O)c3ccc(Br)o3)nc12. The Morgan fingerprint density at radius 1 is 1.36 bits per heavy atom. The fourth-order valence-corrected chi connectivity index (χ4v) is 4.39. The number of fused-ring (bicyclic) bond motifs is 1. The van der Waals surface area contributed by atoms with E-state index in [-0.39, 0.29) is 11.7 Å². The highest BCUT2D eigenvalue weighted by Gasteiger charge is 2.24. The number of halogens is 2. The van der Waals surface area contributed by atoms with Gasteiger partial charge in [0, 0.05) is 30.5 Å². The summed E-state index contributed by atoms with van der Waals surface area (Å²) in [6, 6.07) is 7.16. The van der Waals surface area contributed by atoms with Crippen LogP contribution in [0.2, 0.25) is 5.02 Å². The third-order valence-electron chi connectivity index (χ3n) is 4.35. The van der Waals surface area contributed by atoms with Crippen LogP contribution in [0, 0.1) is 6.92 Å². The molecule has 4 rings (SSSR count). The van der Waals surface area contributed by atoms with Crippen LogP contribution in [0.1, 0.15) is 22.5 Å². The van der Waals surface area contributed by atoms with Gasteiger partial charge in [0.05, 0.1) is 16.5 Å². The lowest BCUT2D eigenvalue weighted by atomic mass is 10.2. The van der Waals surface area contributed by atoms with E-state index in [2.05, 4.69) is 20.9 Å². The smallest absolute Gasteiger partial charge is 0.295 e. The van der Waals surface area contributed by atoms with Crippen LogP contribution in [0.25, 0.3) is 10.2 Å². The summed E-state index contributed by atoms with van der Waals surface area (Å²) in [5.41, 5.74) is 1.73. The third-order valence-corrected chi connectivity index (χ3v) is 6.23. The average molecular weight is 480 g/mol. The summed E-state index contributed by atoms with van der Waals surface area (Å²) in [5, 5.41) is 1.29. The van der Waals surface area contributed by atoms with Crippen molar-refractivity contribution in [2.75, 3.05) is 11.4 Å². The van der Waals surface area contributed by atoms with E-state index < -0.39 is 0 Å². The van der Waals surface area contributed by atoms with Crippen LogP contribution in [-0.4, -0.2) is 27.0 Å². The Hall–Kier alpha value is -2.16. The van der Waals surface area contributed by atoms with Gasteiger partial charge in [0.15, 0.2) is 15.6 Å². The van der Waals surface area contributed by atoms with E-state index in [0.717, 1.165) is 28.7 Å². The number of amides is 1. The number of nitrogens with zero attached hydrogens (tertiary/aromatic N) is 4. The molecule has 0 atom stereocenters. The number of hydrogen-bond acceptors (Lipinski definition) is 5. The number of carbonyl (C=O) groups excluding carboxylic acids is 1. The minimum Gasteiger partial charge on any atom is -0.444 e. The first-order valence-electron chi connectivity index (χ1n) is 8.61. The second kappa shape index (κ2) is 8.06. The maximum atomic E-state index is 13.1. The molecule has 0 aliphatic carbocycles. The van der Waals surface area contributed by atoms with Crippen LogP contribution in [0.4, 0.5) is 5.13 Å². The molecule has 0 unspecified atom stereocenters. The highest BCUT2D eigenvalue weighted by atomic mass is 79.9. The highest BCUT2D eigenvalue weighted by molar-refractivity contribution is 9.10. The quantitative estimate of drug-likeness (QED) is 0.364. The molecule has 3 heterocycles. The van der Waals surface area contributed by atoms with Crippen molar-refractivity contribution in [3.05, 3.63) is 64.0 Å².